The summed E-state index contributed by atoms with van der Waals surface area (Å²) >= 11 is 0. The SMILES string of the molecule is Cc1cc(N)cc(C(=O)N2CCCC(C)(O)C2)c1. The van der Waals surface area contributed by atoms with E-state index in [0.29, 0.717) is 24.3 Å². The molecule has 3 N–H and O–H groups in total. The number of hydrogen-bond acceptors (Lipinski definition) is 3. The largest absolute Gasteiger partial charge is 0.399 e. The van der Waals surface area contributed by atoms with Crippen molar-refractivity contribution < 1.29 is 9.90 Å². The summed E-state index contributed by atoms with van der Waals surface area (Å²) in [4.78, 5) is 14.1. The molecule has 1 amide bonds. The van der Waals surface area contributed by atoms with Gasteiger partial charge in [0, 0.05) is 24.3 Å². The number of hydrogen-bond donors (Lipinski definition) is 2. The Bertz CT molecular complexity index is 449. The average Bonchev–Trinajstić information content (AvgIpc) is 2.25. The van der Waals surface area contributed by atoms with E-state index in [1.807, 2.05) is 19.1 Å². The Kier molecular flexibility index (Phi) is 3.30. The number of carbonyl (C=O) groups is 1. The molecular weight excluding hydrogens is 228 g/mol. The van der Waals surface area contributed by atoms with Crippen LogP contribution in [-0.2, 0) is 0 Å². The highest BCUT2D eigenvalue weighted by Gasteiger charge is 2.31. The summed E-state index contributed by atoms with van der Waals surface area (Å²) in [6, 6.07) is 5.36. The number of nitrogens with zero attached hydrogens (tertiary/aromatic N) is 1. The Morgan fingerprint density at radius 2 is 2.17 bits per heavy atom. The van der Waals surface area contributed by atoms with Gasteiger partial charge < -0.3 is 15.7 Å². The lowest BCUT2D eigenvalue weighted by atomic mass is 9.94. The molecule has 1 fully saturated rings. The number of rotatable bonds is 1. The van der Waals surface area contributed by atoms with Gasteiger partial charge >= 0.3 is 0 Å². The van der Waals surface area contributed by atoms with Crippen LogP contribution in [0.15, 0.2) is 18.2 Å². The molecule has 0 aliphatic carbocycles. The molecule has 0 radical (unpaired) electrons. The first-order chi connectivity index (χ1) is 8.37. The Labute approximate surface area is 107 Å². The smallest absolute Gasteiger partial charge is 0.254 e. The average molecular weight is 248 g/mol. The van der Waals surface area contributed by atoms with Crippen LogP contribution < -0.4 is 5.73 Å². The number of nitrogens with two attached hydrogens (primary N) is 1. The van der Waals surface area contributed by atoms with Crippen LogP contribution in [-0.4, -0.2) is 34.6 Å². The lowest BCUT2D eigenvalue weighted by Crippen LogP contribution is -2.48. The van der Waals surface area contributed by atoms with E-state index in [9.17, 15) is 9.90 Å². The van der Waals surface area contributed by atoms with E-state index in [-0.39, 0.29) is 5.91 Å². The van der Waals surface area contributed by atoms with Crippen LogP contribution in [0, 0.1) is 6.92 Å². The molecule has 0 aromatic heterocycles. The van der Waals surface area contributed by atoms with Crippen molar-refractivity contribution in [3.63, 3.8) is 0 Å². The molecule has 1 saturated heterocycles. The number of β-amino-alcohol motifs (C(OH)–C–C–N with tert-alkyl or cyclic N) is 1. The van der Waals surface area contributed by atoms with E-state index < -0.39 is 5.60 Å². The summed E-state index contributed by atoms with van der Waals surface area (Å²) in [5.41, 5.74) is 7.16. The summed E-state index contributed by atoms with van der Waals surface area (Å²) in [6.07, 6.45) is 1.58. The van der Waals surface area contributed by atoms with Crippen LogP contribution in [0.4, 0.5) is 5.69 Å². The molecule has 1 aromatic rings. The fraction of sp³-hybridized carbons (Fsp3) is 0.500. The van der Waals surface area contributed by atoms with Crippen molar-refractivity contribution in [3.05, 3.63) is 29.3 Å². The van der Waals surface area contributed by atoms with Crippen LogP contribution in [0.25, 0.3) is 0 Å². The predicted molar refractivity (Wildman–Crippen MR) is 71.4 cm³/mol. The van der Waals surface area contributed by atoms with E-state index in [1.165, 1.54) is 0 Å². The lowest BCUT2D eigenvalue weighted by Gasteiger charge is -2.36. The van der Waals surface area contributed by atoms with Gasteiger partial charge in [-0.1, -0.05) is 0 Å². The zero-order valence-electron chi connectivity index (χ0n) is 10.9. The highest BCUT2D eigenvalue weighted by molar-refractivity contribution is 5.95. The van der Waals surface area contributed by atoms with Crippen molar-refractivity contribution in [1.82, 2.24) is 4.90 Å². The zero-order chi connectivity index (χ0) is 13.3. The number of aryl methyl sites for hydroxylation is 1. The van der Waals surface area contributed by atoms with Crippen LogP contribution in [0.3, 0.4) is 0 Å². The molecule has 2 rings (SSSR count). The molecule has 4 heteroatoms. The van der Waals surface area contributed by atoms with Crippen LogP contribution in [0.1, 0.15) is 35.7 Å². The Balaban J connectivity index is 2.20. The standard InChI is InChI=1S/C14H20N2O2/c1-10-6-11(8-12(15)7-10)13(17)16-5-3-4-14(2,18)9-16/h6-8,18H,3-5,9,15H2,1-2H3. The number of amides is 1. The molecule has 1 aliphatic rings. The van der Waals surface area contributed by atoms with Gasteiger partial charge in [0.05, 0.1) is 5.60 Å². The number of anilines is 1. The predicted octanol–water partition coefficient (Wildman–Crippen LogP) is 1.56. The second-order valence-corrected chi connectivity index (χ2v) is 5.46. The number of benzene rings is 1. The number of likely N-dealkylation sites (tertiary alicyclic amines) is 1. The minimum Gasteiger partial charge on any atom is -0.399 e. The third kappa shape index (κ3) is 2.82. The van der Waals surface area contributed by atoms with Crippen molar-refractivity contribution in [2.75, 3.05) is 18.8 Å². The van der Waals surface area contributed by atoms with Crippen molar-refractivity contribution >= 4 is 11.6 Å². The maximum absolute atomic E-state index is 12.4. The van der Waals surface area contributed by atoms with Crippen molar-refractivity contribution in [2.45, 2.75) is 32.3 Å². The van der Waals surface area contributed by atoms with Gasteiger partial charge in [0.25, 0.3) is 5.91 Å². The molecule has 0 spiro atoms. The highest BCUT2D eigenvalue weighted by atomic mass is 16.3. The molecule has 98 valence electrons. The van der Waals surface area contributed by atoms with Gasteiger partial charge in [0.15, 0.2) is 0 Å². The molecule has 18 heavy (non-hydrogen) atoms. The summed E-state index contributed by atoms with van der Waals surface area (Å²) in [5.74, 6) is -0.0506. The van der Waals surface area contributed by atoms with Crippen molar-refractivity contribution in [2.24, 2.45) is 0 Å². The third-order valence-corrected chi connectivity index (χ3v) is 3.31. The first-order valence-electron chi connectivity index (χ1n) is 6.26. The summed E-state index contributed by atoms with van der Waals surface area (Å²) in [7, 11) is 0. The Morgan fingerprint density at radius 1 is 1.44 bits per heavy atom. The second-order valence-electron chi connectivity index (χ2n) is 5.46. The van der Waals surface area contributed by atoms with Gasteiger partial charge in [-0.25, -0.2) is 0 Å². The molecular formula is C14H20N2O2. The van der Waals surface area contributed by atoms with Gasteiger partial charge in [-0.3, -0.25) is 4.79 Å². The van der Waals surface area contributed by atoms with Crippen LogP contribution in [0.5, 0.6) is 0 Å². The maximum Gasteiger partial charge on any atom is 0.254 e. The van der Waals surface area contributed by atoms with E-state index in [1.54, 1.807) is 17.9 Å². The van der Waals surface area contributed by atoms with Gasteiger partial charge in [0.1, 0.15) is 0 Å². The van der Waals surface area contributed by atoms with E-state index in [4.69, 9.17) is 5.73 Å². The summed E-state index contributed by atoms with van der Waals surface area (Å²) in [5, 5.41) is 10.0. The van der Waals surface area contributed by atoms with Crippen molar-refractivity contribution in [3.8, 4) is 0 Å². The van der Waals surface area contributed by atoms with Gasteiger partial charge in [-0.2, -0.15) is 0 Å². The zero-order valence-corrected chi connectivity index (χ0v) is 10.9. The number of aliphatic hydroxyl groups is 1. The topological polar surface area (TPSA) is 66.6 Å². The quantitative estimate of drug-likeness (QED) is 0.741. The fourth-order valence-corrected chi connectivity index (χ4v) is 2.51. The fourth-order valence-electron chi connectivity index (χ4n) is 2.51. The molecule has 4 nitrogen and oxygen atoms in total. The van der Waals surface area contributed by atoms with Gasteiger partial charge in [-0.05, 0) is 50.5 Å². The van der Waals surface area contributed by atoms with E-state index in [0.717, 1.165) is 18.4 Å². The Morgan fingerprint density at radius 3 is 2.78 bits per heavy atom. The van der Waals surface area contributed by atoms with E-state index in [2.05, 4.69) is 0 Å². The molecule has 0 bridgehead atoms. The van der Waals surface area contributed by atoms with E-state index >= 15 is 0 Å². The maximum atomic E-state index is 12.4. The summed E-state index contributed by atoms with van der Waals surface area (Å²) in [6.45, 7) is 4.78. The first-order valence-corrected chi connectivity index (χ1v) is 6.26. The molecule has 1 unspecified atom stereocenters. The summed E-state index contributed by atoms with van der Waals surface area (Å²) < 4.78 is 0. The Hall–Kier alpha value is -1.55. The van der Waals surface area contributed by atoms with Crippen LogP contribution >= 0.6 is 0 Å². The molecule has 1 aromatic carbocycles. The molecule has 1 heterocycles. The third-order valence-electron chi connectivity index (χ3n) is 3.31. The minimum atomic E-state index is -0.775. The molecule has 1 aliphatic heterocycles. The molecule has 0 saturated carbocycles. The lowest BCUT2D eigenvalue weighted by molar-refractivity contribution is -0.0107. The monoisotopic (exact) mass is 248 g/mol. The number of carbonyl (C=O) groups excluding carboxylic acids is 1. The normalized spacial score (nSPS) is 24.1. The second kappa shape index (κ2) is 4.61. The number of piperidine rings is 1. The molecule has 1 atom stereocenters. The highest BCUT2D eigenvalue weighted by Crippen LogP contribution is 2.22. The van der Waals surface area contributed by atoms with Gasteiger partial charge in [0.2, 0.25) is 0 Å². The number of nitrogen functional groups attached to an aromatic ring is 1. The van der Waals surface area contributed by atoms with Crippen molar-refractivity contribution in [1.29, 1.82) is 0 Å². The van der Waals surface area contributed by atoms with Gasteiger partial charge in [-0.15, -0.1) is 0 Å². The first kappa shape index (κ1) is 12.9. The minimum absolute atomic E-state index is 0.0506. The van der Waals surface area contributed by atoms with Crippen LogP contribution in [0.2, 0.25) is 0 Å².